The van der Waals surface area contributed by atoms with Crippen LogP contribution in [0.4, 0.5) is 5.13 Å². The number of benzene rings is 1. The molecule has 28 heavy (non-hydrogen) atoms. The maximum atomic E-state index is 13.4. The number of nitrogens with zero attached hydrogens (tertiary/aromatic N) is 5. The van der Waals surface area contributed by atoms with Gasteiger partial charge in [0.2, 0.25) is 5.82 Å². The SMILES string of the molecule is COc1ccc2sc(N(CC3CCCO3)C(=O)c3nnc4n3CCC4)nc2c1. The highest BCUT2D eigenvalue weighted by Crippen LogP contribution is 2.33. The molecule has 3 aromatic rings. The summed E-state index contributed by atoms with van der Waals surface area (Å²) in [7, 11) is 1.63. The molecule has 5 rings (SSSR count). The third kappa shape index (κ3) is 3.04. The molecule has 1 atom stereocenters. The van der Waals surface area contributed by atoms with Crippen molar-refractivity contribution in [2.24, 2.45) is 0 Å². The lowest BCUT2D eigenvalue weighted by molar-refractivity contribution is 0.0905. The van der Waals surface area contributed by atoms with Gasteiger partial charge in [0.1, 0.15) is 11.6 Å². The largest absolute Gasteiger partial charge is 0.497 e. The van der Waals surface area contributed by atoms with Crippen molar-refractivity contribution in [1.82, 2.24) is 19.7 Å². The van der Waals surface area contributed by atoms with Crippen LogP contribution in [0.3, 0.4) is 0 Å². The lowest BCUT2D eigenvalue weighted by atomic mass is 10.2. The zero-order valence-corrected chi connectivity index (χ0v) is 16.4. The smallest absolute Gasteiger partial charge is 0.298 e. The molecule has 0 spiro atoms. The van der Waals surface area contributed by atoms with Gasteiger partial charge >= 0.3 is 0 Å². The summed E-state index contributed by atoms with van der Waals surface area (Å²) in [5.41, 5.74) is 0.816. The number of carbonyl (C=O) groups excluding carboxylic acids is 1. The Labute approximate surface area is 166 Å². The van der Waals surface area contributed by atoms with Crippen molar-refractivity contribution in [2.45, 2.75) is 38.3 Å². The predicted molar refractivity (Wildman–Crippen MR) is 105 cm³/mol. The van der Waals surface area contributed by atoms with Crippen molar-refractivity contribution in [3.63, 3.8) is 0 Å². The summed E-state index contributed by atoms with van der Waals surface area (Å²) in [4.78, 5) is 19.9. The van der Waals surface area contributed by atoms with Gasteiger partial charge in [0.15, 0.2) is 5.13 Å². The molecule has 4 heterocycles. The number of aromatic nitrogens is 4. The van der Waals surface area contributed by atoms with E-state index in [-0.39, 0.29) is 12.0 Å². The highest BCUT2D eigenvalue weighted by Gasteiger charge is 2.31. The summed E-state index contributed by atoms with van der Waals surface area (Å²) in [5.74, 6) is 1.86. The van der Waals surface area contributed by atoms with Crippen LogP contribution in [0.15, 0.2) is 18.2 Å². The molecule has 2 aliphatic rings. The van der Waals surface area contributed by atoms with Crippen LogP contribution in [-0.4, -0.2) is 52.0 Å². The van der Waals surface area contributed by atoms with E-state index < -0.39 is 0 Å². The van der Waals surface area contributed by atoms with Crippen molar-refractivity contribution < 1.29 is 14.3 Å². The van der Waals surface area contributed by atoms with Crippen LogP contribution in [-0.2, 0) is 17.7 Å². The second kappa shape index (κ2) is 7.14. The number of ether oxygens (including phenoxy) is 2. The molecule has 8 nitrogen and oxygen atoms in total. The molecule has 0 saturated carbocycles. The minimum atomic E-state index is -0.165. The van der Waals surface area contributed by atoms with Crippen molar-refractivity contribution >= 4 is 32.6 Å². The van der Waals surface area contributed by atoms with Crippen LogP contribution in [0.2, 0.25) is 0 Å². The third-order valence-corrected chi connectivity index (χ3v) is 6.33. The summed E-state index contributed by atoms with van der Waals surface area (Å²) in [6, 6.07) is 5.76. The van der Waals surface area contributed by atoms with E-state index in [1.165, 1.54) is 11.3 Å². The normalized spacial score (nSPS) is 18.5. The van der Waals surface area contributed by atoms with Crippen molar-refractivity contribution in [3.8, 4) is 5.75 Å². The molecule has 1 saturated heterocycles. The number of methoxy groups -OCH3 is 1. The van der Waals surface area contributed by atoms with E-state index in [0.29, 0.717) is 17.5 Å². The Kier molecular flexibility index (Phi) is 4.48. The number of thiazole rings is 1. The molecule has 1 aromatic carbocycles. The van der Waals surface area contributed by atoms with Gasteiger partial charge < -0.3 is 14.0 Å². The zero-order chi connectivity index (χ0) is 19.1. The minimum absolute atomic E-state index is 0.0199. The lowest BCUT2D eigenvalue weighted by Gasteiger charge is -2.22. The van der Waals surface area contributed by atoms with Gasteiger partial charge in [-0.2, -0.15) is 0 Å². The average Bonchev–Trinajstić information content (AvgIpc) is 3.48. The van der Waals surface area contributed by atoms with Crippen LogP contribution in [0.25, 0.3) is 10.2 Å². The number of amides is 1. The first-order valence-corrected chi connectivity index (χ1v) is 10.3. The molecule has 2 aliphatic heterocycles. The van der Waals surface area contributed by atoms with Crippen LogP contribution < -0.4 is 9.64 Å². The highest BCUT2D eigenvalue weighted by molar-refractivity contribution is 7.22. The lowest BCUT2D eigenvalue weighted by Crippen LogP contribution is -2.38. The fourth-order valence-corrected chi connectivity index (χ4v) is 4.76. The number of aryl methyl sites for hydroxylation is 1. The van der Waals surface area contributed by atoms with Crippen molar-refractivity contribution in [1.29, 1.82) is 0 Å². The Hall–Kier alpha value is -2.52. The monoisotopic (exact) mass is 399 g/mol. The topological polar surface area (TPSA) is 82.4 Å². The van der Waals surface area contributed by atoms with E-state index >= 15 is 0 Å². The summed E-state index contributed by atoms with van der Waals surface area (Å²) in [6.45, 7) is 2.00. The molecule has 1 unspecified atom stereocenters. The molecule has 0 radical (unpaired) electrons. The summed E-state index contributed by atoms with van der Waals surface area (Å²) in [5, 5.41) is 9.02. The van der Waals surface area contributed by atoms with E-state index in [9.17, 15) is 4.79 Å². The molecule has 2 aromatic heterocycles. The fourth-order valence-electron chi connectivity index (χ4n) is 3.81. The Balaban J connectivity index is 1.53. The first-order chi connectivity index (χ1) is 13.7. The molecule has 1 fully saturated rings. The first-order valence-electron chi connectivity index (χ1n) is 9.53. The minimum Gasteiger partial charge on any atom is -0.497 e. The second-order valence-electron chi connectivity index (χ2n) is 7.08. The third-order valence-electron chi connectivity index (χ3n) is 5.27. The quantitative estimate of drug-likeness (QED) is 0.656. The maximum Gasteiger partial charge on any atom is 0.298 e. The van der Waals surface area contributed by atoms with Crippen LogP contribution in [0.1, 0.15) is 35.7 Å². The summed E-state index contributed by atoms with van der Waals surface area (Å²) >= 11 is 1.49. The van der Waals surface area contributed by atoms with E-state index in [2.05, 4.69) is 10.2 Å². The van der Waals surface area contributed by atoms with E-state index in [0.717, 1.165) is 60.6 Å². The molecule has 146 valence electrons. The number of fused-ring (bicyclic) bond motifs is 2. The fraction of sp³-hybridized carbons (Fsp3) is 0.474. The average molecular weight is 399 g/mol. The molecule has 0 N–H and O–H groups in total. The number of anilines is 1. The van der Waals surface area contributed by atoms with Gasteiger partial charge in [0.05, 0.1) is 30.0 Å². The van der Waals surface area contributed by atoms with E-state index in [4.69, 9.17) is 14.5 Å². The number of hydrogen-bond acceptors (Lipinski definition) is 7. The number of hydrogen-bond donors (Lipinski definition) is 0. The van der Waals surface area contributed by atoms with Crippen molar-refractivity contribution in [3.05, 3.63) is 29.8 Å². The molecule has 9 heteroatoms. The Morgan fingerprint density at radius 3 is 3.14 bits per heavy atom. The van der Waals surface area contributed by atoms with Gasteiger partial charge in [0.25, 0.3) is 5.91 Å². The van der Waals surface area contributed by atoms with Gasteiger partial charge in [-0.15, -0.1) is 10.2 Å². The van der Waals surface area contributed by atoms with Crippen LogP contribution in [0, 0.1) is 0 Å². The van der Waals surface area contributed by atoms with Crippen LogP contribution in [0.5, 0.6) is 5.75 Å². The standard InChI is InChI=1S/C19H21N5O3S/c1-26-12-6-7-15-14(10-12)20-19(28-15)24(11-13-4-3-9-27-13)18(25)17-22-21-16-5-2-8-23(16)17/h6-7,10,13H,2-5,8-9,11H2,1H3. The molecular formula is C19H21N5O3S. The molecule has 0 bridgehead atoms. The predicted octanol–water partition coefficient (Wildman–Crippen LogP) is 2.67. The Morgan fingerprint density at radius 1 is 1.39 bits per heavy atom. The van der Waals surface area contributed by atoms with Crippen LogP contribution >= 0.6 is 11.3 Å². The molecular weight excluding hydrogens is 378 g/mol. The van der Waals surface area contributed by atoms with Gasteiger partial charge in [-0.1, -0.05) is 11.3 Å². The Bertz CT molecular complexity index is 1020. The van der Waals surface area contributed by atoms with Crippen molar-refractivity contribution in [2.75, 3.05) is 25.2 Å². The highest BCUT2D eigenvalue weighted by atomic mass is 32.1. The Morgan fingerprint density at radius 2 is 2.32 bits per heavy atom. The van der Waals surface area contributed by atoms with E-state index in [1.54, 1.807) is 12.0 Å². The molecule has 1 amide bonds. The molecule has 0 aliphatic carbocycles. The zero-order valence-electron chi connectivity index (χ0n) is 15.6. The first kappa shape index (κ1) is 17.6. The number of rotatable bonds is 5. The van der Waals surface area contributed by atoms with E-state index in [1.807, 2.05) is 22.8 Å². The second-order valence-corrected chi connectivity index (χ2v) is 8.09. The van der Waals surface area contributed by atoms with Gasteiger partial charge in [0, 0.05) is 25.6 Å². The van der Waals surface area contributed by atoms with Gasteiger partial charge in [-0.25, -0.2) is 4.98 Å². The van der Waals surface area contributed by atoms with Gasteiger partial charge in [-0.3, -0.25) is 9.69 Å². The summed E-state index contributed by atoms with van der Waals surface area (Å²) in [6.07, 6.45) is 3.85. The maximum absolute atomic E-state index is 13.4. The number of carbonyl (C=O) groups is 1. The van der Waals surface area contributed by atoms with Gasteiger partial charge in [-0.05, 0) is 31.4 Å². The summed E-state index contributed by atoms with van der Waals surface area (Å²) < 4.78 is 14.0.